The highest BCUT2D eigenvalue weighted by molar-refractivity contribution is 8.04. The maximum absolute atomic E-state index is 12.0. The van der Waals surface area contributed by atoms with Crippen LogP contribution in [-0.4, -0.2) is 55.6 Å². The van der Waals surface area contributed by atoms with Crippen molar-refractivity contribution in [2.24, 2.45) is 11.7 Å². The van der Waals surface area contributed by atoms with Crippen molar-refractivity contribution in [2.75, 3.05) is 0 Å². The summed E-state index contributed by atoms with van der Waals surface area (Å²) in [4.78, 5) is 35.3. The van der Waals surface area contributed by atoms with Crippen LogP contribution in [0.25, 0.3) is 0 Å². The molecule has 8 nitrogen and oxygen atoms in total. The number of rotatable bonds is 6. The molecule has 21 heavy (non-hydrogen) atoms. The lowest BCUT2D eigenvalue weighted by molar-refractivity contribution is -0.156. The molecule has 9 heteroatoms. The van der Waals surface area contributed by atoms with Gasteiger partial charge < -0.3 is 21.1 Å². The molecular weight excluding hydrogens is 300 g/mol. The van der Waals surface area contributed by atoms with Gasteiger partial charge in [-0.3, -0.25) is 14.5 Å². The smallest absolute Gasteiger partial charge is 0.353 e. The van der Waals surface area contributed by atoms with Crippen molar-refractivity contribution in [3.8, 4) is 0 Å². The van der Waals surface area contributed by atoms with E-state index in [2.05, 4.69) is 0 Å². The van der Waals surface area contributed by atoms with E-state index >= 15 is 0 Å². The Bertz CT molecular complexity index is 532. The first-order chi connectivity index (χ1) is 9.75. The number of thioether (sulfide) groups is 1. The van der Waals surface area contributed by atoms with E-state index in [0.29, 0.717) is 4.91 Å². The Morgan fingerprint density at radius 1 is 1.43 bits per heavy atom. The largest absolute Gasteiger partial charge is 0.481 e. The SMILES string of the molecule is C[C@@H](O)[C@H]1C(=O)N2C(C(=O)O)=C([C@H](N)CCC(=O)O)S[C@H]12. The molecule has 1 amide bonds. The molecule has 0 saturated carbocycles. The van der Waals surface area contributed by atoms with Crippen LogP contribution >= 0.6 is 11.8 Å². The summed E-state index contributed by atoms with van der Waals surface area (Å²) < 4.78 is 0. The third-order valence-electron chi connectivity index (χ3n) is 3.53. The minimum Gasteiger partial charge on any atom is -0.481 e. The Kier molecular flexibility index (Phi) is 4.26. The summed E-state index contributed by atoms with van der Waals surface area (Å²) >= 11 is 1.12. The fraction of sp³-hybridized carbons (Fsp3) is 0.583. The average molecular weight is 316 g/mol. The maximum atomic E-state index is 12.0. The predicted molar refractivity (Wildman–Crippen MR) is 72.9 cm³/mol. The molecule has 0 unspecified atom stereocenters. The van der Waals surface area contributed by atoms with E-state index in [1.165, 1.54) is 6.92 Å². The van der Waals surface area contributed by atoms with Gasteiger partial charge in [0.15, 0.2) is 0 Å². The van der Waals surface area contributed by atoms with Crippen molar-refractivity contribution in [1.82, 2.24) is 4.90 Å². The Morgan fingerprint density at radius 2 is 2.05 bits per heavy atom. The number of hydrogen-bond acceptors (Lipinski definition) is 6. The highest BCUT2D eigenvalue weighted by Gasteiger charge is 2.58. The molecule has 0 spiro atoms. The highest BCUT2D eigenvalue weighted by Crippen LogP contribution is 2.51. The van der Waals surface area contributed by atoms with Crippen molar-refractivity contribution in [3.63, 3.8) is 0 Å². The third-order valence-corrected chi connectivity index (χ3v) is 5.03. The molecule has 0 aromatic heterocycles. The first-order valence-electron chi connectivity index (χ1n) is 6.38. The van der Waals surface area contributed by atoms with E-state index < -0.39 is 41.3 Å². The number of aliphatic hydroxyl groups excluding tert-OH is 1. The molecule has 0 aromatic carbocycles. The normalized spacial score (nSPS) is 27.2. The molecule has 0 aliphatic carbocycles. The summed E-state index contributed by atoms with van der Waals surface area (Å²) in [5.41, 5.74) is 5.68. The lowest BCUT2D eigenvalue weighted by Crippen LogP contribution is -2.60. The Balaban J connectivity index is 2.22. The Labute approximate surface area is 124 Å². The minimum absolute atomic E-state index is 0.0859. The van der Waals surface area contributed by atoms with Crippen LogP contribution in [0.5, 0.6) is 0 Å². The molecule has 2 rings (SSSR count). The predicted octanol–water partition coefficient (Wildman–Crippen LogP) is -0.613. The van der Waals surface area contributed by atoms with E-state index in [9.17, 15) is 24.6 Å². The van der Waals surface area contributed by atoms with Crippen LogP contribution in [0.4, 0.5) is 0 Å². The van der Waals surface area contributed by atoms with Crippen LogP contribution in [0, 0.1) is 5.92 Å². The van der Waals surface area contributed by atoms with Crippen molar-refractivity contribution < 1.29 is 29.7 Å². The van der Waals surface area contributed by atoms with Crippen molar-refractivity contribution >= 4 is 29.6 Å². The number of hydrogen-bond donors (Lipinski definition) is 4. The monoisotopic (exact) mass is 316 g/mol. The number of aliphatic hydroxyl groups is 1. The van der Waals surface area contributed by atoms with Gasteiger partial charge in [-0.15, -0.1) is 0 Å². The number of β-lactam (4-membered cyclic amide) rings is 1. The second-order valence-electron chi connectivity index (χ2n) is 5.04. The van der Waals surface area contributed by atoms with Crippen molar-refractivity contribution in [1.29, 1.82) is 0 Å². The molecule has 116 valence electrons. The number of aliphatic carboxylic acids is 2. The fourth-order valence-electron chi connectivity index (χ4n) is 2.48. The van der Waals surface area contributed by atoms with E-state index in [1.807, 2.05) is 0 Å². The average Bonchev–Trinajstić information content (AvgIpc) is 2.70. The number of carboxylic acids is 2. The second-order valence-corrected chi connectivity index (χ2v) is 6.20. The number of amides is 1. The standard InChI is InChI=1S/C12H16N2O6S/c1-4(15)7-10(18)14-8(12(19)20)9(21-11(7)14)5(13)2-3-6(16)17/h4-5,7,11,15H,2-3,13H2,1H3,(H,16,17)(H,19,20)/t4-,5-,7+,11-/m1/s1. The molecule has 0 aromatic rings. The van der Waals surface area contributed by atoms with Crippen LogP contribution in [0.2, 0.25) is 0 Å². The zero-order valence-electron chi connectivity index (χ0n) is 11.2. The van der Waals surface area contributed by atoms with Gasteiger partial charge in [-0.05, 0) is 13.3 Å². The minimum atomic E-state index is -1.27. The van der Waals surface area contributed by atoms with Gasteiger partial charge in [-0.25, -0.2) is 4.79 Å². The van der Waals surface area contributed by atoms with Gasteiger partial charge in [-0.1, -0.05) is 11.8 Å². The topological polar surface area (TPSA) is 141 Å². The molecule has 4 atom stereocenters. The summed E-state index contributed by atoms with van der Waals surface area (Å²) in [6.45, 7) is 1.48. The Morgan fingerprint density at radius 3 is 2.52 bits per heavy atom. The van der Waals surface area contributed by atoms with Gasteiger partial charge >= 0.3 is 11.9 Å². The molecule has 1 saturated heterocycles. The lowest BCUT2D eigenvalue weighted by atomic mass is 9.92. The summed E-state index contributed by atoms with van der Waals surface area (Å²) in [6, 6.07) is -0.759. The van der Waals surface area contributed by atoms with Gasteiger partial charge in [-0.2, -0.15) is 0 Å². The number of fused-ring (bicyclic) bond motifs is 1. The van der Waals surface area contributed by atoms with Crippen LogP contribution in [-0.2, 0) is 14.4 Å². The lowest BCUT2D eigenvalue weighted by Gasteiger charge is -2.43. The summed E-state index contributed by atoms with van der Waals surface area (Å²) in [6.07, 6.45) is -0.977. The molecule has 1 fully saturated rings. The van der Waals surface area contributed by atoms with Crippen LogP contribution in [0.15, 0.2) is 10.6 Å². The maximum Gasteiger partial charge on any atom is 0.353 e. The summed E-state index contributed by atoms with van der Waals surface area (Å²) in [5, 5.41) is 27.0. The summed E-state index contributed by atoms with van der Waals surface area (Å²) in [7, 11) is 0. The third kappa shape index (κ3) is 2.63. The first kappa shape index (κ1) is 15.8. The van der Waals surface area contributed by atoms with Gasteiger partial charge in [0.05, 0.1) is 12.0 Å². The fourth-order valence-corrected chi connectivity index (χ4v) is 4.14. The molecule has 2 aliphatic heterocycles. The molecule has 5 N–H and O–H groups in total. The number of carbonyl (C=O) groups is 3. The van der Waals surface area contributed by atoms with Crippen molar-refractivity contribution in [3.05, 3.63) is 10.6 Å². The van der Waals surface area contributed by atoms with E-state index in [4.69, 9.17) is 10.8 Å². The quantitative estimate of drug-likeness (QED) is 0.475. The number of nitrogens with zero attached hydrogens (tertiary/aromatic N) is 1. The molecule has 2 aliphatic rings. The van der Waals surface area contributed by atoms with E-state index in [1.54, 1.807) is 0 Å². The number of nitrogens with two attached hydrogens (primary N) is 1. The summed E-state index contributed by atoms with van der Waals surface area (Å²) in [5.74, 6) is -3.40. The second kappa shape index (κ2) is 5.66. The highest BCUT2D eigenvalue weighted by atomic mass is 32.2. The first-order valence-corrected chi connectivity index (χ1v) is 7.26. The number of carbonyl (C=O) groups excluding carboxylic acids is 1. The zero-order chi connectivity index (χ0) is 15.9. The molecule has 0 radical (unpaired) electrons. The van der Waals surface area contributed by atoms with Gasteiger partial charge in [0.25, 0.3) is 0 Å². The van der Waals surface area contributed by atoms with E-state index in [0.717, 1.165) is 16.7 Å². The van der Waals surface area contributed by atoms with Crippen LogP contribution in [0.3, 0.4) is 0 Å². The molecule has 2 heterocycles. The number of carboxylic acid groups (broad SMARTS) is 2. The van der Waals surface area contributed by atoms with Gasteiger partial charge in [0.1, 0.15) is 11.1 Å². The van der Waals surface area contributed by atoms with Crippen molar-refractivity contribution in [2.45, 2.75) is 37.3 Å². The molecular formula is C12H16N2O6S. The van der Waals surface area contributed by atoms with Crippen LogP contribution < -0.4 is 5.73 Å². The zero-order valence-corrected chi connectivity index (χ0v) is 12.0. The van der Waals surface area contributed by atoms with Gasteiger partial charge in [0, 0.05) is 17.4 Å². The van der Waals surface area contributed by atoms with E-state index in [-0.39, 0.29) is 18.5 Å². The Hall–Kier alpha value is -1.58. The molecule has 0 bridgehead atoms. The van der Waals surface area contributed by atoms with Crippen LogP contribution in [0.1, 0.15) is 19.8 Å². The van der Waals surface area contributed by atoms with Gasteiger partial charge in [0.2, 0.25) is 5.91 Å².